The summed E-state index contributed by atoms with van der Waals surface area (Å²) in [5.41, 5.74) is 5.41. The number of para-hydroxylation sites is 2. The van der Waals surface area contributed by atoms with Crippen LogP contribution in [0.1, 0.15) is 46.8 Å². The highest BCUT2D eigenvalue weighted by molar-refractivity contribution is 6.05. The summed E-state index contributed by atoms with van der Waals surface area (Å²) in [5.74, 6) is 0.0528. The van der Waals surface area contributed by atoms with Crippen molar-refractivity contribution in [3.05, 3.63) is 83.2 Å². The number of rotatable bonds is 5. The molecule has 0 saturated heterocycles. The normalized spacial score (nSPS) is 10.4. The first-order chi connectivity index (χ1) is 13.5. The predicted molar refractivity (Wildman–Crippen MR) is 112 cm³/mol. The number of aryl methyl sites for hydroxylation is 1. The fraction of sp³-hybridized carbons (Fsp3) is 0.174. The number of pyridine rings is 1. The van der Waals surface area contributed by atoms with Crippen LogP contribution in [0.4, 0.5) is 17.1 Å². The van der Waals surface area contributed by atoms with Crippen LogP contribution in [0.25, 0.3) is 0 Å². The Hall–Kier alpha value is -3.65. The molecule has 0 radical (unpaired) electrons. The minimum absolute atomic E-state index is 0.312. The number of benzene rings is 2. The number of nitrogens with zero attached hydrogens (tertiary/aromatic N) is 2. The summed E-state index contributed by atoms with van der Waals surface area (Å²) in [4.78, 5) is 16.8. The Balaban J connectivity index is 1.86. The number of carbonyl (C=O) groups is 1. The lowest BCUT2D eigenvalue weighted by molar-refractivity contribution is 0.102. The van der Waals surface area contributed by atoms with Gasteiger partial charge in [0.1, 0.15) is 6.07 Å². The number of amides is 1. The number of nitrogens with one attached hydrogen (secondary N) is 2. The van der Waals surface area contributed by atoms with Gasteiger partial charge in [-0.25, -0.2) is 0 Å². The summed E-state index contributed by atoms with van der Waals surface area (Å²) in [5, 5.41) is 15.4. The number of hydrogen-bond acceptors (Lipinski definition) is 4. The molecule has 0 fully saturated rings. The lowest BCUT2D eigenvalue weighted by Crippen LogP contribution is -2.13. The van der Waals surface area contributed by atoms with Gasteiger partial charge in [0.05, 0.1) is 28.7 Å². The van der Waals surface area contributed by atoms with Crippen molar-refractivity contribution in [2.24, 2.45) is 0 Å². The van der Waals surface area contributed by atoms with E-state index in [-0.39, 0.29) is 5.91 Å². The highest BCUT2D eigenvalue weighted by atomic mass is 16.1. The Kier molecular flexibility index (Phi) is 5.71. The first-order valence-corrected chi connectivity index (χ1v) is 9.11. The molecule has 0 saturated carbocycles. The molecule has 0 spiro atoms. The Morgan fingerprint density at radius 2 is 1.89 bits per heavy atom. The van der Waals surface area contributed by atoms with Gasteiger partial charge in [0.25, 0.3) is 5.91 Å². The molecule has 2 aromatic carbocycles. The maximum absolute atomic E-state index is 12.6. The molecule has 0 bridgehead atoms. The van der Waals surface area contributed by atoms with Crippen LogP contribution in [-0.2, 0) is 0 Å². The third-order valence-corrected chi connectivity index (χ3v) is 4.49. The Morgan fingerprint density at radius 3 is 2.64 bits per heavy atom. The molecule has 28 heavy (non-hydrogen) atoms. The lowest BCUT2D eigenvalue weighted by Gasteiger charge is -2.17. The van der Waals surface area contributed by atoms with Gasteiger partial charge in [-0.15, -0.1) is 0 Å². The van der Waals surface area contributed by atoms with Crippen molar-refractivity contribution in [1.82, 2.24) is 4.98 Å². The number of hydrogen-bond donors (Lipinski definition) is 2. The summed E-state index contributed by atoms with van der Waals surface area (Å²) < 4.78 is 0. The first kappa shape index (κ1) is 19.1. The second kappa shape index (κ2) is 8.36. The Bertz CT molecular complexity index is 1050. The van der Waals surface area contributed by atoms with Gasteiger partial charge in [0.15, 0.2) is 0 Å². The average Bonchev–Trinajstić information content (AvgIpc) is 2.70. The van der Waals surface area contributed by atoms with Crippen LogP contribution in [0.2, 0.25) is 0 Å². The molecule has 3 aromatic rings. The minimum Gasteiger partial charge on any atom is -0.354 e. The van der Waals surface area contributed by atoms with Crippen LogP contribution in [0.5, 0.6) is 0 Å². The van der Waals surface area contributed by atoms with E-state index in [2.05, 4.69) is 54.6 Å². The van der Waals surface area contributed by atoms with Crippen molar-refractivity contribution >= 4 is 23.0 Å². The van der Waals surface area contributed by atoms with Gasteiger partial charge >= 0.3 is 0 Å². The first-order valence-electron chi connectivity index (χ1n) is 9.11. The Labute approximate surface area is 165 Å². The van der Waals surface area contributed by atoms with Gasteiger partial charge in [-0.3, -0.25) is 9.78 Å². The van der Waals surface area contributed by atoms with Crippen LogP contribution in [0.3, 0.4) is 0 Å². The van der Waals surface area contributed by atoms with Crippen molar-refractivity contribution in [2.75, 3.05) is 10.6 Å². The molecule has 0 aliphatic rings. The fourth-order valence-electron chi connectivity index (χ4n) is 3.00. The molecule has 1 aromatic heterocycles. The zero-order chi connectivity index (χ0) is 20.1. The third kappa shape index (κ3) is 4.18. The fourth-order valence-corrected chi connectivity index (χ4v) is 3.00. The average molecular weight is 370 g/mol. The van der Waals surface area contributed by atoms with Gasteiger partial charge in [0, 0.05) is 11.9 Å². The second-order valence-corrected chi connectivity index (χ2v) is 6.89. The third-order valence-electron chi connectivity index (χ3n) is 4.49. The van der Waals surface area contributed by atoms with Crippen LogP contribution in [-0.4, -0.2) is 10.9 Å². The molecule has 0 atom stereocenters. The lowest BCUT2D eigenvalue weighted by atomic mass is 9.98. The smallest absolute Gasteiger partial charge is 0.257 e. The molecule has 1 heterocycles. The quantitative estimate of drug-likeness (QED) is 0.632. The van der Waals surface area contributed by atoms with E-state index in [1.54, 1.807) is 36.5 Å². The van der Waals surface area contributed by atoms with E-state index in [1.807, 2.05) is 6.07 Å². The van der Waals surface area contributed by atoms with E-state index in [0.29, 0.717) is 22.7 Å². The van der Waals surface area contributed by atoms with Crippen molar-refractivity contribution in [1.29, 1.82) is 5.26 Å². The topological polar surface area (TPSA) is 77.8 Å². The maximum Gasteiger partial charge on any atom is 0.257 e. The van der Waals surface area contributed by atoms with Gasteiger partial charge in [-0.1, -0.05) is 44.2 Å². The zero-order valence-electron chi connectivity index (χ0n) is 16.2. The molecular weight excluding hydrogens is 348 g/mol. The van der Waals surface area contributed by atoms with E-state index in [0.717, 1.165) is 16.9 Å². The van der Waals surface area contributed by atoms with Crippen LogP contribution in [0.15, 0.2) is 60.9 Å². The molecule has 0 aliphatic heterocycles. The van der Waals surface area contributed by atoms with Crippen molar-refractivity contribution < 1.29 is 4.79 Å². The Morgan fingerprint density at radius 1 is 1.11 bits per heavy atom. The summed E-state index contributed by atoms with van der Waals surface area (Å²) in [6.45, 7) is 6.35. The molecule has 1 amide bonds. The summed E-state index contributed by atoms with van der Waals surface area (Å²) in [6.07, 6.45) is 3.20. The van der Waals surface area contributed by atoms with Crippen molar-refractivity contribution in [3.8, 4) is 6.07 Å². The van der Waals surface area contributed by atoms with E-state index in [9.17, 15) is 10.1 Å². The van der Waals surface area contributed by atoms with Crippen LogP contribution >= 0.6 is 0 Å². The molecule has 0 unspecified atom stereocenters. The number of carbonyl (C=O) groups excluding carboxylic acids is 1. The van der Waals surface area contributed by atoms with Gasteiger partial charge in [0.2, 0.25) is 0 Å². The summed E-state index contributed by atoms with van der Waals surface area (Å²) >= 11 is 0. The molecule has 3 rings (SSSR count). The van der Waals surface area contributed by atoms with Crippen molar-refractivity contribution in [2.45, 2.75) is 26.7 Å². The number of anilines is 3. The van der Waals surface area contributed by atoms with Crippen molar-refractivity contribution in [3.63, 3.8) is 0 Å². The van der Waals surface area contributed by atoms with E-state index in [1.165, 1.54) is 11.8 Å². The standard InChI is InChI=1S/C23H22N4O/c1-15(2)20-9-6-7-16(3)22(20)26-19-11-18(13-25-14-19)23(28)27-21-10-5-4-8-17(21)12-24/h4-11,13-15,26H,1-3H3,(H,27,28). The molecule has 2 N–H and O–H groups in total. The van der Waals surface area contributed by atoms with E-state index in [4.69, 9.17) is 0 Å². The van der Waals surface area contributed by atoms with Gasteiger partial charge in [-0.2, -0.15) is 5.26 Å². The summed E-state index contributed by atoms with van der Waals surface area (Å²) in [6, 6.07) is 16.9. The molecule has 0 aliphatic carbocycles. The highest BCUT2D eigenvalue weighted by Crippen LogP contribution is 2.30. The monoisotopic (exact) mass is 370 g/mol. The minimum atomic E-state index is -0.312. The predicted octanol–water partition coefficient (Wildman–Crippen LogP) is 5.38. The SMILES string of the molecule is Cc1cccc(C(C)C)c1Nc1cncc(C(=O)Nc2ccccc2C#N)c1. The van der Waals surface area contributed by atoms with Crippen LogP contribution in [0, 0.1) is 18.3 Å². The molecular formula is C23H22N4O. The second-order valence-electron chi connectivity index (χ2n) is 6.89. The molecule has 5 heteroatoms. The zero-order valence-corrected chi connectivity index (χ0v) is 16.2. The summed E-state index contributed by atoms with van der Waals surface area (Å²) in [7, 11) is 0. The molecule has 5 nitrogen and oxygen atoms in total. The van der Waals surface area contributed by atoms with Gasteiger partial charge in [-0.05, 0) is 42.2 Å². The van der Waals surface area contributed by atoms with Crippen LogP contribution < -0.4 is 10.6 Å². The largest absolute Gasteiger partial charge is 0.354 e. The van der Waals surface area contributed by atoms with E-state index < -0.39 is 0 Å². The molecule has 140 valence electrons. The van der Waals surface area contributed by atoms with E-state index >= 15 is 0 Å². The maximum atomic E-state index is 12.6. The van der Waals surface area contributed by atoms with Gasteiger partial charge < -0.3 is 10.6 Å². The number of aromatic nitrogens is 1. The highest BCUT2D eigenvalue weighted by Gasteiger charge is 2.12. The number of nitriles is 1.